The maximum atomic E-state index is 13.2. The highest BCUT2D eigenvalue weighted by atomic mass is 19.1. The van der Waals surface area contributed by atoms with Crippen molar-refractivity contribution in [3.63, 3.8) is 0 Å². The Hall–Kier alpha value is -3.16. The Morgan fingerprint density at radius 3 is 2.71 bits per heavy atom. The van der Waals surface area contributed by atoms with Crippen molar-refractivity contribution in [3.05, 3.63) is 53.1 Å². The molecule has 126 valence electrons. The van der Waals surface area contributed by atoms with E-state index in [1.807, 2.05) is 0 Å². The smallest absolute Gasteiger partial charge is 0.212 e. The van der Waals surface area contributed by atoms with Crippen molar-refractivity contribution in [2.75, 3.05) is 11.9 Å². The molecule has 8 heteroatoms. The Kier molecular flexibility index (Phi) is 7.15. The number of ketones is 1. The number of halogens is 2. The second kappa shape index (κ2) is 9.09. The van der Waals surface area contributed by atoms with E-state index in [0.29, 0.717) is 18.9 Å². The molecule has 1 aromatic carbocycles. The molecular formula is C16H16F2N4O2. The van der Waals surface area contributed by atoms with E-state index in [1.54, 1.807) is 6.92 Å². The van der Waals surface area contributed by atoms with Crippen molar-refractivity contribution >= 4 is 29.9 Å². The Balaban J connectivity index is 3.25. The number of aliphatic imine (C=N–C) groups is 1. The van der Waals surface area contributed by atoms with Gasteiger partial charge in [-0.2, -0.15) is 4.39 Å². The molecule has 0 aliphatic carbocycles. The van der Waals surface area contributed by atoms with Crippen LogP contribution < -0.4 is 11.1 Å². The Bertz CT molecular complexity index is 740. The summed E-state index contributed by atoms with van der Waals surface area (Å²) in [5.41, 5.74) is 4.99. The van der Waals surface area contributed by atoms with Crippen LogP contribution in [0.3, 0.4) is 0 Å². The van der Waals surface area contributed by atoms with Crippen molar-refractivity contribution in [2.45, 2.75) is 6.92 Å². The van der Waals surface area contributed by atoms with E-state index in [0.717, 1.165) is 18.3 Å². The predicted molar refractivity (Wildman–Crippen MR) is 88.6 cm³/mol. The summed E-state index contributed by atoms with van der Waals surface area (Å²) in [7, 11) is 0. The summed E-state index contributed by atoms with van der Waals surface area (Å²) in [6.45, 7) is 2.15. The highest BCUT2D eigenvalue weighted by Gasteiger charge is 2.16. The molecule has 0 radical (unpaired) electrons. The highest BCUT2D eigenvalue weighted by molar-refractivity contribution is 6.23. The summed E-state index contributed by atoms with van der Waals surface area (Å²) < 4.78 is 26.1. The van der Waals surface area contributed by atoms with Crippen LogP contribution in [0.25, 0.3) is 0 Å². The third kappa shape index (κ3) is 5.24. The molecular weight excluding hydrogens is 318 g/mol. The number of anilines is 1. The Labute approximate surface area is 137 Å². The van der Waals surface area contributed by atoms with Crippen molar-refractivity contribution in [3.8, 4) is 0 Å². The van der Waals surface area contributed by atoms with Gasteiger partial charge < -0.3 is 11.1 Å². The van der Waals surface area contributed by atoms with Gasteiger partial charge in [0.15, 0.2) is 6.29 Å². The van der Waals surface area contributed by atoms with Crippen LogP contribution in [0.1, 0.15) is 17.3 Å². The summed E-state index contributed by atoms with van der Waals surface area (Å²) >= 11 is 0. The quantitative estimate of drug-likeness (QED) is 0.385. The van der Waals surface area contributed by atoms with E-state index in [2.05, 4.69) is 10.3 Å². The van der Waals surface area contributed by atoms with Gasteiger partial charge in [0, 0.05) is 36.3 Å². The lowest BCUT2D eigenvalue weighted by Gasteiger charge is -2.12. The van der Waals surface area contributed by atoms with Crippen LogP contribution >= 0.6 is 0 Å². The van der Waals surface area contributed by atoms with Crippen LogP contribution in [0.2, 0.25) is 0 Å². The molecule has 0 saturated carbocycles. The first-order valence-electron chi connectivity index (χ1n) is 6.86. The topological polar surface area (TPSA) is 108 Å². The standard InChI is InChI=1S/C16H16F2N4O2/c1-2-21-8-11(7-19)16(24)14(6-15(18)20)22-13-4-3-12(17)5-10(13)9-23/h3-9,20,22H,2,19H2,1H3/b11-7?,14-6-,20-15?,21-8?. The molecule has 0 saturated heterocycles. The summed E-state index contributed by atoms with van der Waals surface area (Å²) in [5.74, 6) is -2.77. The predicted octanol–water partition coefficient (Wildman–Crippen LogP) is 2.38. The summed E-state index contributed by atoms with van der Waals surface area (Å²) in [4.78, 5) is 27.3. The van der Waals surface area contributed by atoms with E-state index in [-0.39, 0.29) is 22.5 Å². The number of Topliss-reactive ketones (excluding diaryl/α,β-unsaturated/α-hetero) is 1. The molecule has 0 fully saturated rings. The van der Waals surface area contributed by atoms with Gasteiger partial charge in [-0.3, -0.25) is 20.0 Å². The second-order valence-corrected chi connectivity index (χ2v) is 4.46. The lowest BCUT2D eigenvalue weighted by molar-refractivity contribution is -0.111. The summed E-state index contributed by atoms with van der Waals surface area (Å²) in [5, 5.41) is 9.43. The fourth-order valence-corrected chi connectivity index (χ4v) is 1.70. The average Bonchev–Trinajstić information content (AvgIpc) is 2.55. The van der Waals surface area contributed by atoms with Gasteiger partial charge in [0.25, 0.3) is 0 Å². The van der Waals surface area contributed by atoms with Gasteiger partial charge in [-0.25, -0.2) is 4.39 Å². The lowest BCUT2D eigenvalue weighted by atomic mass is 10.1. The number of nitrogens with zero attached hydrogens (tertiary/aromatic N) is 1. The SMILES string of the molecule is CCN=CC(=CN)C(=O)/C(=C/C(=N)F)Nc1ccc(F)cc1C=O. The molecule has 1 aromatic rings. The first-order chi connectivity index (χ1) is 11.4. The van der Waals surface area contributed by atoms with Gasteiger partial charge in [-0.15, -0.1) is 0 Å². The zero-order valence-electron chi connectivity index (χ0n) is 12.8. The average molecular weight is 334 g/mol. The van der Waals surface area contributed by atoms with E-state index >= 15 is 0 Å². The molecule has 1 rings (SSSR count). The van der Waals surface area contributed by atoms with Gasteiger partial charge >= 0.3 is 0 Å². The Morgan fingerprint density at radius 1 is 1.46 bits per heavy atom. The third-order valence-electron chi connectivity index (χ3n) is 2.78. The fourth-order valence-electron chi connectivity index (χ4n) is 1.70. The fraction of sp³-hybridized carbons (Fsp3) is 0.125. The monoisotopic (exact) mass is 334 g/mol. The molecule has 0 aromatic heterocycles. The molecule has 0 aliphatic rings. The number of hydrogen-bond acceptors (Lipinski definition) is 6. The minimum absolute atomic E-state index is 0.0355. The molecule has 0 spiro atoms. The normalized spacial score (nSPS) is 12.3. The van der Waals surface area contributed by atoms with Gasteiger partial charge in [-0.05, 0) is 25.1 Å². The number of allylic oxidation sites excluding steroid dienone is 2. The van der Waals surface area contributed by atoms with Crippen LogP contribution in [-0.2, 0) is 4.79 Å². The Morgan fingerprint density at radius 2 is 2.17 bits per heavy atom. The van der Waals surface area contributed by atoms with Crippen LogP contribution in [-0.4, -0.2) is 30.8 Å². The number of hydrogen-bond donors (Lipinski definition) is 3. The van der Waals surface area contributed by atoms with E-state index in [4.69, 9.17) is 11.1 Å². The largest absolute Gasteiger partial charge is 0.404 e. The first kappa shape index (κ1) is 18.9. The zero-order valence-corrected chi connectivity index (χ0v) is 12.8. The minimum Gasteiger partial charge on any atom is -0.404 e. The summed E-state index contributed by atoms with van der Waals surface area (Å²) in [6.07, 6.45) is 3.21. The first-order valence-corrected chi connectivity index (χ1v) is 6.86. The van der Waals surface area contributed by atoms with Crippen LogP contribution in [0, 0.1) is 11.2 Å². The van der Waals surface area contributed by atoms with E-state index < -0.39 is 17.6 Å². The number of nitrogens with one attached hydrogen (secondary N) is 2. The molecule has 4 N–H and O–H groups in total. The van der Waals surface area contributed by atoms with Gasteiger partial charge in [0.1, 0.15) is 5.82 Å². The number of nitrogens with two attached hydrogens (primary N) is 1. The molecule has 0 heterocycles. The number of carbonyl (C=O) groups is 2. The van der Waals surface area contributed by atoms with E-state index in [9.17, 15) is 18.4 Å². The molecule has 0 aliphatic heterocycles. The second-order valence-electron chi connectivity index (χ2n) is 4.46. The maximum Gasteiger partial charge on any atom is 0.212 e. The summed E-state index contributed by atoms with van der Waals surface area (Å²) in [6, 6.07) is 3.24. The molecule has 24 heavy (non-hydrogen) atoms. The molecule has 6 nitrogen and oxygen atoms in total. The van der Waals surface area contributed by atoms with Gasteiger partial charge in [0.2, 0.25) is 11.7 Å². The lowest BCUT2D eigenvalue weighted by Crippen LogP contribution is -2.17. The number of aldehydes is 1. The van der Waals surface area contributed by atoms with Crippen molar-refractivity contribution < 1.29 is 18.4 Å². The molecule has 0 amide bonds. The van der Waals surface area contributed by atoms with Crippen LogP contribution in [0.5, 0.6) is 0 Å². The minimum atomic E-state index is -1.38. The van der Waals surface area contributed by atoms with Crippen molar-refractivity contribution in [2.24, 2.45) is 10.7 Å². The van der Waals surface area contributed by atoms with Gasteiger partial charge in [-0.1, -0.05) is 0 Å². The maximum absolute atomic E-state index is 13.2. The van der Waals surface area contributed by atoms with Crippen molar-refractivity contribution in [1.82, 2.24) is 0 Å². The van der Waals surface area contributed by atoms with Gasteiger partial charge in [0.05, 0.1) is 11.3 Å². The van der Waals surface area contributed by atoms with Crippen molar-refractivity contribution in [1.29, 1.82) is 5.41 Å². The number of carbonyl (C=O) groups excluding carboxylic acids is 2. The van der Waals surface area contributed by atoms with Crippen LogP contribution in [0.4, 0.5) is 14.5 Å². The highest BCUT2D eigenvalue weighted by Crippen LogP contribution is 2.18. The molecule has 0 unspecified atom stereocenters. The third-order valence-corrected chi connectivity index (χ3v) is 2.78. The number of benzene rings is 1. The molecule has 0 atom stereocenters. The zero-order chi connectivity index (χ0) is 18.1. The van der Waals surface area contributed by atoms with E-state index in [1.165, 1.54) is 12.3 Å². The van der Waals surface area contributed by atoms with Crippen LogP contribution in [0.15, 0.2) is 46.7 Å². The molecule has 0 bridgehead atoms. The number of rotatable bonds is 8.